The van der Waals surface area contributed by atoms with Crippen LogP contribution in [0.3, 0.4) is 0 Å². The summed E-state index contributed by atoms with van der Waals surface area (Å²) >= 11 is 0. The molecular weight excluding hydrogens is 330 g/mol. The number of carbonyl (C=O) groups is 3. The summed E-state index contributed by atoms with van der Waals surface area (Å²) in [7, 11) is 0. The van der Waals surface area contributed by atoms with Gasteiger partial charge in [-0.25, -0.2) is 0 Å². The first kappa shape index (κ1) is 21.7. The second-order valence-corrected chi connectivity index (χ2v) is 6.48. The van der Waals surface area contributed by atoms with E-state index in [1.807, 2.05) is 30.3 Å². The summed E-state index contributed by atoms with van der Waals surface area (Å²) in [4.78, 5) is 35.5. The van der Waals surface area contributed by atoms with E-state index in [-0.39, 0.29) is 18.2 Å². The molecule has 6 nitrogen and oxygen atoms in total. The lowest BCUT2D eigenvalue weighted by atomic mass is 10.1. The van der Waals surface area contributed by atoms with Crippen LogP contribution in [0, 0.1) is 0 Å². The van der Waals surface area contributed by atoms with Gasteiger partial charge in [0.05, 0.1) is 6.42 Å². The van der Waals surface area contributed by atoms with Gasteiger partial charge in [0, 0.05) is 13.0 Å². The Bertz CT molecular complexity index is 561. The topological polar surface area (TPSA) is 101 Å². The molecule has 4 N–H and O–H groups in total. The Morgan fingerprint density at radius 3 is 2.38 bits per heavy atom. The Morgan fingerprint density at radius 2 is 1.73 bits per heavy atom. The van der Waals surface area contributed by atoms with E-state index >= 15 is 0 Å². The highest BCUT2D eigenvalue weighted by atomic mass is 16.2. The molecule has 26 heavy (non-hydrogen) atoms. The maximum Gasteiger partial charge on any atom is 0.243 e. The number of amides is 3. The van der Waals surface area contributed by atoms with Gasteiger partial charge in [-0.3, -0.25) is 14.4 Å². The Kier molecular flexibility index (Phi) is 10.8. The van der Waals surface area contributed by atoms with E-state index < -0.39 is 11.9 Å². The van der Waals surface area contributed by atoms with Gasteiger partial charge in [-0.15, -0.1) is 0 Å². The van der Waals surface area contributed by atoms with E-state index in [0.29, 0.717) is 19.4 Å². The molecule has 0 aliphatic heterocycles. The number of carbonyl (C=O) groups excluding carboxylic acids is 3. The van der Waals surface area contributed by atoms with Crippen LogP contribution in [0.2, 0.25) is 0 Å². The van der Waals surface area contributed by atoms with Gasteiger partial charge < -0.3 is 16.4 Å². The fourth-order valence-corrected chi connectivity index (χ4v) is 2.66. The van der Waals surface area contributed by atoms with E-state index in [1.165, 1.54) is 0 Å². The third-order valence-corrected chi connectivity index (χ3v) is 4.12. The fraction of sp³-hybridized carbons (Fsp3) is 0.550. The predicted molar refractivity (Wildman–Crippen MR) is 102 cm³/mol. The normalized spacial score (nSPS) is 11.6. The van der Waals surface area contributed by atoms with Crippen LogP contribution in [0.1, 0.15) is 57.4 Å². The Morgan fingerprint density at radius 1 is 1.04 bits per heavy atom. The van der Waals surface area contributed by atoms with Crippen LogP contribution < -0.4 is 16.4 Å². The highest BCUT2D eigenvalue weighted by Crippen LogP contribution is 2.05. The SMILES string of the molecule is CCCCCCCC(=O)NC(CC(N)=O)C(=O)NCCc1ccccc1. The monoisotopic (exact) mass is 361 g/mol. The molecule has 1 aromatic carbocycles. The molecular formula is C20H31N3O3. The molecule has 0 radical (unpaired) electrons. The highest BCUT2D eigenvalue weighted by Gasteiger charge is 2.22. The number of hydrogen-bond acceptors (Lipinski definition) is 3. The van der Waals surface area contributed by atoms with Crippen molar-refractivity contribution in [1.82, 2.24) is 10.6 Å². The number of hydrogen-bond donors (Lipinski definition) is 3. The molecule has 0 fully saturated rings. The molecule has 1 atom stereocenters. The summed E-state index contributed by atoms with van der Waals surface area (Å²) in [5, 5.41) is 5.40. The molecule has 1 aromatic rings. The van der Waals surface area contributed by atoms with E-state index in [2.05, 4.69) is 17.6 Å². The number of nitrogens with one attached hydrogen (secondary N) is 2. The molecule has 0 heterocycles. The molecule has 0 saturated carbocycles. The molecule has 0 saturated heterocycles. The van der Waals surface area contributed by atoms with Gasteiger partial charge in [-0.05, 0) is 18.4 Å². The fourth-order valence-electron chi connectivity index (χ4n) is 2.66. The highest BCUT2D eigenvalue weighted by molar-refractivity contribution is 5.91. The van der Waals surface area contributed by atoms with Gasteiger partial charge in [0.15, 0.2) is 0 Å². The van der Waals surface area contributed by atoms with E-state index in [4.69, 9.17) is 5.73 Å². The van der Waals surface area contributed by atoms with E-state index in [1.54, 1.807) is 0 Å². The summed E-state index contributed by atoms with van der Waals surface area (Å²) in [5.74, 6) is -1.21. The van der Waals surface area contributed by atoms with Gasteiger partial charge in [-0.1, -0.05) is 62.9 Å². The minimum atomic E-state index is -0.911. The van der Waals surface area contributed by atoms with Gasteiger partial charge in [0.25, 0.3) is 0 Å². The first-order valence-electron chi connectivity index (χ1n) is 9.42. The van der Waals surface area contributed by atoms with E-state index in [0.717, 1.165) is 37.7 Å². The van der Waals surface area contributed by atoms with Crippen molar-refractivity contribution in [2.45, 2.75) is 64.3 Å². The summed E-state index contributed by atoms with van der Waals surface area (Å²) in [6.45, 7) is 2.57. The summed E-state index contributed by atoms with van der Waals surface area (Å²) in [6.07, 6.45) is 6.03. The minimum absolute atomic E-state index is 0.196. The number of unbranched alkanes of at least 4 members (excludes halogenated alkanes) is 4. The molecule has 6 heteroatoms. The number of rotatable bonds is 13. The van der Waals surface area contributed by atoms with Gasteiger partial charge >= 0.3 is 0 Å². The van der Waals surface area contributed by atoms with Gasteiger partial charge in [0.1, 0.15) is 6.04 Å². The van der Waals surface area contributed by atoms with Crippen LogP contribution in [0.15, 0.2) is 30.3 Å². The molecule has 1 rings (SSSR count). The molecule has 1 unspecified atom stereocenters. The van der Waals surface area contributed by atoms with Crippen molar-refractivity contribution >= 4 is 17.7 Å². The Hall–Kier alpha value is -2.37. The van der Waals surface area contributed by atoms with Crippen molar-refractivity contribution in [2.75, 3.05) is 6.54 Å². The minimum Gasteiger partial charge on any atom is -0.370 e. The van der Waals surface area contributed by atoms with Crippen molar-refractivity contribution in [3.05, 3.63) is 35.9 Å². The van der Waals surface area contributed by atoms with Crippen molar-refractivity contribution in [3.63, 3.8) is 0 Å². The lowest BCUT2D eigenvalue weighted by Crippen LogP contribution is -2.48. The Labute approximate surface area is 155 Å². The van der Waals surface area contributed by atoms with Crippen molar-refractivity contribution in [2.24, 2.45) is 5.73 Å². The van der Waals surface area contributed by atoms with Crippen molar-refractivity contribution in [3.8, 4) is 0 Å². The molecule has 0 aliphatic rings. The molecule has 3 amide bonds. The maximum atomic E-state index is 12.3. The number of benzene rings is 1. The van der Waals surface area contributed by atoms with Crippen LogP contribution in [0.25, 0.3) is 0 Å². The van der Waals surface area contributed by atoms with E-state index in [9.17, 15) is 14.4 Å². The Balaban J connectivity index is 2.39. The summed E-state index contributed by atoms with van der Waals surface area (Å²) < 4.78 is 0. The maximum absolute atomic E-state index is 12.3. The third kappa shape index (κ3) is 9.81. The molecule has 144 valence electrons. The summed E-state index contributed by atoms with van der Waals surface area (Å²) in [6, 6.07) is 8.86. The second-order valence-electron chi connectivity index (χ2n) is 6.48. The molecule has 0 aliphatic carbocycles. The standard InChI is InChI=1S/C20H31N3O3/c1-2-3-4-5-9-12-19(25)23-17(15-18(21)24)20(26)22-14-13-16-10-7-6-8-11-16/h6-8,10-11,17H,2-5,9,12-15H2,1H3,(H2,21,24)(H,22,26)(H,23,25). The molecule has 0 spiro atoms. The van der Waals surface area contributed by atoms with Crippen LogP contribution in [-0.2, 0) is 20.8 Å². The number of nitrogens with two attached hydrogens (primary N) is 1. The zero-order valence-electron chi connectivity index (χ0n) is 15.6. The van der Waals surface area contributed by atoms with Crippen LogP contribution in [0.4, 0.5) is 0 Å². The lowest BCUT2D eigenvalue weighted by molar-refractivity contribution is -0.131. The van der Waals surface area contributed by atoms with Gasteiger partial charge in [-0.2, -0.15) is 0 Å². The second kappa shape index (κ2) is 12.9. The lowest BCUT2D eigenvalue weighted by Gasteiger charge is -2.17. The van der Waals surface area contributed by atoms with Crippen molar-refractivity contribution < 1.29 is 14.4 Å². The van der Waals surface area contributed by atoms with Crippen LogP contribution in [-0.4, -0.2) is 30.3 Å². The zero-order valence-corrected chi connectivity index (χ0v) is 15.6. The zero-order chi connectivity index (χ0) is 19.2. The summed E-state index contributed by atoms with van der Waals surface area (Å²) in [5.41, 5.74) is 6.32. The molecule has 0 aromatic heterocycles. The van der Waals surface area contributed by atoms with Crippen LogP contribution >= 0.6 is 0 Å². The average molecular weight is 361 g/mol. The largest absolute Gasteiger partial charge is 0.370 e. The third-order valence-electron chi connectivity index (χ3n) is 4.12. The quantitative estimate of drug-likeness (QED) is 0.469. The van der Waals surface area contributed by atoms with Crippen molar-refractivity contribution in [1.29, 1.82) is 0 Å². The number of primary amides is 1. The smallest absolute Gasteiger partial charge is 0.243 e. The van der Waals surface area contributed by atoms with Crippen LogP contribution in [0.5, 0.6) is 0 Å². The predicted octanol–water partition coefficient (Wildman–Crippen LogP) is 2.07. The average Bonchev–Trinajstić information content (AvgIpc) is 2.61. The molecule has 0 bridgehead atoms. The van der Waals surface area contributed by atoms with Gasteiger partial charge in [0.2, 0.25) is 17.7 Å². The first-order chi connectivity index (χ1) is 12.5. The first-order valence-corrected chi connectivity index (χ1v) is 9.42.